The molecule has 2 aliphatic heterocycles. The molecule has 0 atom stereocenters. The van der Waals surface area contributed by atoms with Crippen molar-refractivity contribution in [1.82, 2.24) is 14.7 Å². The summed E-state index contributed by atoms with van der Waals surface area (Å²) in [6.45, 7) is 6.87. The van der Waals surface area contributed by atoms with E-state index >= 15 is 0 Å². The zero-order valence-corrected chi connectivity index (χ0v) is 11.6. The number of morpholine rings is 1. The maximum atomic E-state index is 11.8. The molecule has 0 aliphatic carbocycles. The fourth-order valence-corrected chi connectivity index (χ4v) is 2.74. The molecule has 18 heavy (non-hydrogen) atoms. The standard InChI is InChI=1S/C13H25N3O2/c1-14(2)13(17)16-5-3-12(4-6-16)11-15-7-9-18-10-8-15/h12H,3-11H2,1-2H3. The fourth-order valence-electron chi connectivity index (χ4n) is 2.74. The Bertz CT molecular complexity index is 269. The van der Waals surface area contributed by atoms with Crippen LogP contribution in [0.3, 0.4) is 0 Å². The van der Waals surface area contributed by atoms with E-state index < -0.39 is 0 Å². The number of hydrogen-bond donors (Lipinski definition) is 0. The van der Waals surface area contributed by atoms with Gasteiger partial charge in [-0.25, -0.2) is 4.79 Å². The molecule has 2 fully saturated rings. The highest BCUT2D eigenvalue weighted by Crippen LogP contribution is 2.19. The number of carbonyl (C=O) groups excluding carboxylic acids is 1. The molecule has 0 unspecified atom stereocenters. The molecular weight excluding hydrogens is 230 g/mol. The van der Waals surface area contributed by atoms with Crippen molar-refractivity contribution < 1.29 is 9.53 Å². The van der Waals surface area contributed by atoms with Gasteiger partial charge < -0.3 is 14.5 Å². The Morgan fingerprint density at radius 2 is 1.78 bits per heavy atom. The number of carbonyl (C=O) groups is 1. The Balaban J connectivity index is 1.71. The van der Waals surface area contributed by atoms with Gasteiger partial charge in [0.05, 0.1) is 13.2 Å². The van der Waals surface area contributed by atoms with Crippen molar-refractivity contribution in [3.63, 3.8) is 0 Å². The van der Waals surface area contributed by atoms with Gasteiger partial charge in [-0.1, -0.05) is 0 Å². The molecule has 0 radical (unpaired) electrons. The van der Waals surface area contributed by atoms with Crippen LogP contribution >= 0.6 is 0 Å². The first-order valence-electron chi connectivity index (χ1n) is 6.93. The molecule has 104 valence electrons. The van der Waals surface area contributed by atoms with Gasteiger partial charge in [-0.05, 0) is 18.8 Å². The number of likely N-dealkylation sites (tertiary alicyclic amines) is 1. The molecule has 0 aromatic heterocycles. The Kier molecular flexibility index (Phi) is 4.83. The molecule has 2 aliphatic rings. The third-order valence-corrected chi connectivity index (χ3v) is 3.89. The van der Waals surface area contributed by atoms with E-state index in [1.54, 1.807) is 4.90 Å². The molecule has 2 saturated heterocycles. The molecule has 2 heterocycles. The average Bonchev–Trinajstić information content (AvgIpc) is 2.40. The molecule has 0 aromatic rings. The Morgan fingerprint density at radius 1 is 1.17 bits per heavy atom. The Hall–Kier alpha value is -0.810. The molecular formula is C13H25N3O2. The van der Waals surface area contributed by atoms with E-state index in [9.17, 15) is 4.79 Å². The highest BCUT2D eigenvalue weighted by Gasteiger charge is 2.25. The molecule has 0 saturated carbocycles. The number of hydrogen-bond acceptors (Lipinski definition) is 3. The normalized spacial score (nSPS) is 23.1. The van der Waals surface area contributed by atoms with Crippen molar-refractivity contribution in [3.8, 4) is 0 Å². The molecule has 5 heteroatoms. The van der Waals surface area contributed by atoms with Crippen LogP contribution in [0, 0.1) is 5.92 Å². The van der Waals surface area contributed by atoms with Gasteiger partial charge in [0.25, 0.3) is 0 Å². The zero-order chi connectivity index (χ0) is 13.0. The first-order valence-corrected chi connectivity index (χ1v) is 6.93. The average molecular weight is 255 g/mol. The lowest BCUT2D eigenvalue weighted by atomic mass is 9.96. The van der Waals surface area contributed by atoms with Crippen molar-refractivity contribution in [2.24, 2.45) is 5.92 Å². The maximum absolute atomic E-state index is 11.8. The molecule has 0 bridgehead atoms. The summed E-state index contributed by atoms with van der Waals surface area (Å²) in [5, 5.41) is 0. The van der Waals surface area contributed by atoms with Crippen molar-refractivity contribution in [1.29, 1.82) is 0 Å². The molecule has 2 amide bonds. The van der Waals surface area contributed by atoms with Gasteiger partial charge in [-0.2, -0.15) is 0 Å². The number of ether oxygens (including phenoxy) is 1. The van der Waals surface area contributed by atoms with Gasteiger partial charge in [-0.15, -0.1) is 0 Å². The van der Waals surface area contributed by atoms with Gasteiger partial charge >= 0.3 is 6.03 Å². The number of piperidine rings is 1. The summed E-state index contributed by atoms with van der Waals surface area (Å²) in [6.07, 6.45) is 2.27. The summed E-state index contributed by atoms with van der Waals surface area (Å²) in [5.74, 6) is 0.745. The van der Waals surface area contributed by atoms with Crippen LogP contribution in [0.2, 0.25) is 0 Å². The Labute approximate surface area is 110 Å². The van der Waals surface area contributed by atoms with E-state index in [4.69, 9.17) is 4.74 Å². The SMILES string of the molecule is CN(C)C(=O)N1CCC(CN2CCOCC2)CC1. The zero-order valence-electron chi connectivity index (χ0n) is 11.6. The lowest BCUT2D eigenvalue weighted by molar-refractivity contribution is 0.0255. The number of nitrogens with zero attached hydrogens (tertiary/aromatic N) is 3. The van der Waals surface area contributed by atoms with Crippen LogP contribution in [-0.4, -0.2) is 80.8 Å². The summed E-state index contributed by atoms with van der Waals surface area (Å²) < 4.78 is 5.36. The number of urea groups is 1. The molecule has 5 nitrogen and oxygen atoms in total. The van der Waals surface area contributed by atoms with Crippen molar-refractivity contribution in [3.05, 3.63) is 0 Å². The van der Waals surface area contributed by atoms with Gasteiger partial charge in [0, 0.05) is 46.8 Å². The maximum Gasteiger partial charge on any atom is 0.319 e. The predicted molar refractivity (Wildman–Crippen MR) is 70.6 cm³/mol. The number of amides is 2. The monoisotopic (exact) mass is 255 g/mol. The van der Waals surface area contributed by atoms with Crippen LogP contribution in [-0.2, 0) is 4.74 Å². The Morgan fingerprint density at radius 3 is 2.33 bits per heavy atom. The topological polar surface area (TPSA) is 36.0 Å². The highest BCUT2D eigenvalue weighted by molar-refractivity contribution is 5.73. The minimum atomic E-state index is 0.153. The van der Waals surface area contributed by atoms with E-state index in [1.807, 2.05) is 19.0 Å². The molecule has 0 aromatic carbocycles. The molecule has 2 rings (SSSR count). The second-order valence-corrected chi connectivity index (χ2v) is 5.52. The second-order valence-electron chi connectivity index (χ2n) is 5.52. The van der Waals surface area contributed by atoms with Gasteiger partial charge in [0.2, 0.25) is 0 Å². The smallest absolute Gasteiger partial charge is 0.319 e. The summed E-state index contributed by atoms with van der Waals surface area (Å²) in [6, 6.07) is 0.153. The van der Waals surface area contributed by atoms with Crippen LogP contribution in [0.4, 0.5) is 4.79 Å². The fraction of sp³-hybridized carbons (Fsp3) is 0.923. The van der Waals surface area contributed by atoms with Crippen molar-refractivity contribution >= 4 is 6.03 Å². The molecule has 0 spiro atoms. The second kappa shape index (κ2) is 6.38. The van der Waals surface area contributed by atoms with Gasteiger partial charge in [0.15, 0.2) is 0 Å². The summed E-state index contributed by atoms with van der Waals surface area (Å²) in [7, 11) is 3.64. The summed E-state index contributed by atoms with van der Waals surface area (Å²) in [4.78, 5) is 18.0. The lowest BCUT2D eigenvalue weighted by Crippen LogP contribution is -2.46. The van der Waals surface area contributed by atoms with Crippen LogP contribution in [0.15, 0.2) is 0 Å². The largest absolute Gasteiger partial charge is 0.379 e. The van der Waals surface area contributed by atoms with E-state index in [0.29, 0.717) is 0 Å². The first-order chi connectivity index (χ1) is 8.66. The van der Waals surface area contributed by atoms with Gasteiger partial charge in [0.1, 0.15) is 0 Å². The third-order valence-electron chi connectivity index (χ3n) is 3.89. The first kappa shape index (κ1) is 13.6. The summed E-state index contributed by atoms with van der Waals surface area (Å²) in [5.41, 5.74) is 0. The number of rotatable bonds is 2. The highest BCUT2D eigenvalue weighted by atomic mass is 16.5. The van der Waals surface area contributed by atoms with E-state index in [-0.39, 0.29) is 6.03 Å². The van der Waals surface area contributed by atoms with E-state index in [1.165, 1.54) is 6.54 Å². The predicted octanol–water partition coefficient (Wildman–Crippen LogP) is 0.712. The third kappa shape index (κ3) is 3.59. The van der Waals surface area contributed by atoms with Crippen LogP contribution < -0.4 is 0 Å². The van der Waals surface area contributed by atoms with Crippen molar-refractivity contribution in [2.75, 3.05) is 60.0 Å². The van der Waals surface area contributed by atoms with Crippen LogP contribution in [0.25, 0.3) is 0 Å². The molecule has 0 N–H and O–H groups in total. The lowest BCUT2D eigenvalue weighted by Gasteiger charge is -2.36. The van der Waals surface area contributed by atoms with E-state index in [2.05, 4.69) is 4.90 Å². The quantitative estimate of drug-likeness (QED) is 0.729. The minimum absolute atomic E-state index is 0.153. The van der Waals surface area contributed by atoms with Gasteiger partial charge in [-0.3, -0.25) is 4.90 Å². The van der Waals surface area contributed by atoms with Crippen LogP contribution in [0.5, 0.6) is 0 Å². The van der Waals surface area contributed by atoms with Crippen molar-refractivity contribution in [2.45, 2.75) is 12.8 Å². The van der Waals surface area contributed by atoms with E-state index in [0.717, 1.165) is 58.2 Å². The van der Waals surface area contributed by atoms with Crippen LogP contribution in [0.1, 0.15) is 12.8 Å². The minimum Gasteiger partial charge on any atom is -0.379 e. The summed E-state index contributed by atoms with van der Waals surface area (Å²) >= 11 is 0.